The highest BCUT2D eigenvalue weighted by atomic mass is 28.3. The summed E-state index contributed by atoms with van der Waals surface area (Å²) in [6.07, 6.45) is 1.84. The van der Waals surface area contributed by atoms with Gasteiger partial charge in [-0.15, -0.1) is 0 Å². The third-order valence-electron chi connectivity index (χ3n) is 10.3. The Bertz CT molecular complexity index is 2780. The van der Waals surface area contributed by atoms with Gasteiger partial charge in [0, 0.05) is 38.9 Å². The Balaban J connectivity index is 1.22. The summed E-state index contributed by atoms with van der Waals surface area (Å²) in [5.41, 5.74) is 9.90. The number of pyridine rings is 3. The fourth-order valence-corrected chi connectivity index (χ4v) is 11.6. The molecule has 47 heavy (non-hydrogen) atoms. The van der Waals surface area contributed by atoms with Crippen LogP contribution in [0, 0.1) is 0 Å². The van der Waals surface area contributed by atoms with E-state index in [0.717, 1.165) is 55.2 Å². The highest BCUT2D eigenvalue weighted by molar-refractivity contribution is 7.05. The second-order valence-corrected chi connectivity index (χ2v) is 17.5. The molecule has 0 saturated heterocycles. The van der Waals surface area contributed by atoms with Crippen LogP contribution in [-0.2, 0) is 0 Å². The van der Waals surface area contributed by atoms with Crippen molar-refractivity contribution in [3.05, 3.63) is 140 Å². The standard InChI is InChI=1S/C43H29N3Si/c1-47(2)38-16-8-7-13-31(38)35-22-24-37-39(43(35)47)32-14-5-6-15-33(32)42(46-37)34-21-20-30(28-11-3-4-12-29(28)34)36-23-19-27-18-17-26-10-9-25-44-40(26)41(27)45-36/h3-25H,1-2H3. The van der Waals surface area contributed by atoms with Crippen LogP contribution in [0.15, 0.2) is 140 Å². The minimum atomic E-state index is -1.94. The van der Waals surface area contributed by atoms with Crippen molar-refractivity contribution >= 4 is 72.7 Å². The zero-order valence-corrected chi connectivity index (χ0v) is 27.1. The summed E-state index contributed by atoms with van der Waals surface area (Å²) < 4.78 is 0. The van der Waals surface area contributed by atoms with Crippen LogP contribution in [0.4, 0.5) is 0 Å². The van der Waals surface area contributed by atoms with Gasteiger partial charge in [-0.3, -0.25) is 4.98 Å². The molecule has 0 aliphatic carbocycles. The fraction of sp³-hybridized carbons (Fsp3) is 0.0465. The van der Waals surface area contributed by atoms with E-state index in [1.165, 1.54) is 43.0 Å². The van der Waals surface area contributed by atoms with E-state index in [1.54, 1.807) is 0 Å². The monoisotopic (exact) mass is 615 g/mol. The largest absolute Gasteiger partial charge is 0.254 e. The third-order valence-corrected chi connectivity index (χ3v) is 13.8. The molecule has 0 bridgehead atoms. The van der Waals surface area contributed by atoms with Crippen LogP contribution in [0.1, 0.15) is 0 Å². The van der Waals surface area contributed by atoms with Crippen molar-refractivity contribution in [2.45, 2.75) is 13.1 Å². The van der Waals surface area contributed by atoms with Gasteiger partial charge in [0.05, 0.1) is 27.9 Å². The zero-order chi connectivity index (χ0) is 31.3. The number of hydrogen-bond acceptors (Lipinski definition) is 3. The van der Waals surface area contributed by atoms with Gasteiger partial charge in [0.1, 0.15) is 8.07 Å². The van der Waals surface area contributed by atoms with E-state index >= 15 is 0 Å². The summed E-state index contributed by atoms with van der Waals surface area (Å²) in [5, 5.41) is 11.3. The van der Waals surface area contributed by atoms with E-state index in [-0.39, 0.29) is 0 Å². The number of rotatable bonds is 2. The minimum absolute atomic E-state index is 0.928. The Morgan fingerprint density at radius 3 is 1.98 bits per heavy atom. The van der Waals surface area contributed by atoms with Crippen molar-refractivity contribution in [3.63, 3.8) is 0 Å². The average molecular weight is 616 g/mol. The Morgan fingerprint density at radius 2 is 1.13 bits per heavy atom. The molecule has 0 N–H and O–H groups in total. The maximum atomic E-state index is 5.51. The molecule has 0 unspecified atom stereocenters. The van der Waals surface area contributed by atoms with E-state index < -0.39 is 8.07 Å². The Kier molecular flexibility index (Phi) is 5.44. The molecule has 9 aromatic rings. The Morgan fingerprint density at radius 1 is 0.468 bits per heavy atom. The van der Waals surface area contributed by atoms with Gasteiger partial charge in [0.25, 0.3) is 0 Å². The normalized spacial score (nSPS) is 13.5. The lowest BCUT2D eigenvalue weighted by Gasteiger charge is -2.22. The minimum Gasteiger partial charge on any atom is -0.254 e. The van der Waals surface area contributed by atoms with Gasteiger partial charge in [-0.1, -0.05) is 128 Å². The molecule has 0 atom stereocenters. The summed E-state index contributed by atoms with van der Waals surface area (Å²) in [6, 6.07) is 48.2. The number of aromatic nitrogens is 3. The molecule has 0 saturated carbocycles. The second-order valence-electron chi connectivity index (χ2n) is 13.2. The molecule has 3 aromatic heterocycles. The van der Waals surface area contributed by atoms with Crippen molar-refractivity contribution in [2.75, 3.05) is 0 Å². The predicted octanol–water partition coefficient (Wildman–Crippen LogP) is 9.77. The van der Waals surface area contributed by atoms with Gasteiger partial charge < -0.3 is 0 Å². The molecular formula is C43H29N3Si. The predicted molar refractivity (Wildman–Crippen MR) is 200 cm³/mol. The second kappa shape index (κ2) is 9.65. The zero-order valence-electron chi connectivity index (χ0n) is 26.1. The van der Waals surface area contributed by atoms with Crippen LogP contribution in [0.2, 0.25) is 13.1 Å². The first-order valence-corrected chi connectivity index (χ1v) is 19.2. The molecule has 4 heterocycles. The molecule has 0 fully saturated rings. The number of hydrogen-bond donors (Lipinski definition) is 0. The van der Waals surface area contributed by atoms with Crippen LogP contribution in [0.3, 0.4) is 0 Å². The molecule has 220 valence electrons. The number of fused-ring (bicyclic) bond motifs is 11. The summed E-state index contributed by atoms with van der Waals surface area (Å²) in [7, 11) is -1.94. The van der Waals surface area contributed by atoms with E-state index in [4.69, 9.17) is 9.97 Å². The summed E-state index contributed by atoms with van der Waals surface area (Å²) >= 11 is 0. The highest BCUT2D eigenvalue weighted by Gasteiger charge is 2.39. The average Bonchev–Trinajstić information content (AvgIpc) is 3.36. The van der Waals surface area contributed by atoms with Gasteiger partial charge in [0.2, 0.25) is 0 Å². The topological polar surface area (TPSA) is 38.7 Å². The van der Waals surface area contributed by atoms with Crippen molar-refractivity contribution in [1.82, 2.24) is 15.0 Å². The SMILES string of the molecule is C[Si]1(C)c2ccccc2-c2ccc3nc(-c4ccc(-c5ccc6ccc7cccnc7c6n5)c5ccccc45)c4ccccc4c3c21. The molecule has 0 spiro atoms. The van der Waals surface area contributed by atoms with E-state index in [0.29, 0.717) is 0 Å². The van der Waals surface area contributed by atoms with Gasteiger partial charge >= 0.3 is 0 Å². The summed E-state index contributed by atoms with van der Waals surface area (Å²) in [5.74, 6) is 0. The summed E-state index contributed by atoms with van der Waals surface area (Å²) in [4.78, 5) is 15.4. The van der Waals surface area contributed by atoms with Gasteiger partial charge in [-0.25, -0.2) is 9.97 Å². The molecule has 1 aliphatic heterocycles. The lowest BCUT2D eigenvalue weighted by atomic mass is 9.92. The molecular weight excluding hydrogens is 587 g/mol. The van der Waals surface area contributed by atoms with E-state index in [9.17, 15) is 0 Å². The molecule has 0 amide bonds. The van der Waals surface area contributed by atoms with Crippen LogP contribution in [0.25, 0.3) is 87.9 Å². The van der Waals surface area contributed by atoms with Gasteiger partial charge in [0.15, 0.2) is 0 Å². The third kappa shape index (κ3) is 3.70. The van der Waals surface area contributed by atoms with Crippen LogP contribution in [-0.4, -0.2) is 23.0 Å². The van der Waals surface area contributed by atoms with Crippen LogP contribution >= 0.6 is 0 Å². The molecule has 6 aromatic carbocycles. The smallest absolute Gasteiger partial charge is 0.114 e. The van der Waals surface area contributed by atoms with Crippen molar-refractivity contribution in [2.24, 2.45) is 0 Å². The molecule has 1 aliphatic rings. The lowest BCUT2D eigenvalue weighted by Crippen LogP contribution is -2.49. The molecule has 10 rings (SSSR count). The lowest BCUT2D eigenvalue weighted by molar-refractivity contribution is 1.37. The maximum absolute atomic E-state index is 5.51. The van der Waals surface area contributed by atoms with Crippen LogP contribution in [0.5, 0.6) is 0 Å². The van der Waals surface area contributed by atoms with Crippen LogP contribution < -0.4 is 10.4 Å². The fourth-order valence-electron chi connectivity index (χ4n) is 8.13. The van der Waals surface area contributed by atoms with Crippen molar-refractivity contribution in [3.8, 4) is 33.6 Å². The first-order valence-electron chi connectivity index (χ1n) is 16.2. The maximum Gasteiger partial charge on any atom is 0.114 e. The first kappa shape index (κ1) is 26.5. The van der Waals surface area contributed by atoms with Gasteiger partial charge in [-0.05, 0) is 55.9 Å². The molecule has 3 nitrogen and oxygen atoms in total. The quantitative estimate of drug-likeness (QED) is 0.144. The number of nitrogens with zero attached hydrogens (tertiary/aromatic N) is 3. The van der Waals surface area contributed by atoms with Crippen molar-refractivity contribution in [1.29, 1.82) is 0 Å². The Labute approximate surface area is 273 Å². The summed E-state index contributed by atoms with van der Waals surface area (Å²) in [6.45, 7) is 4.98. The molecule has 0 radical (unpaired) electrons. The van der Waals surface area contributed by atoms with Gasteiger partial charge in [-0.2, -0.15) is 0 Å². The van der Waals surface area contributed by atoms with E-state index in [1.807, 2.05) is 12.3 Å². The van der Waals surface area contributed by atoms with E-state index in [2.05, 4.69) is 145 Å². The molecule has 4 heteroatoms. The number of benzene rings is 6. The highest BCUT2D eigenvalue weighted by Crippen LogP contribution is 2.41. The first-order chi connectivity index (χ1) is 23.1. The Hall–Kier alpha value is -5.71. The van der Waals surface area contributed by atoms with Crippen molar-refractivity contribution < 1.29 is 0 Å².